The number of carbonyl (C=O) groups excluding carboxylic acids is 2. The summed E-state index contributed by atoms with van der Waals surface area (Å²) in [6, 6.07) is 3.27. The molecule has 0 saturated heterocycles. The van der Waals surface area contributed by atoms with Gasteiger partial charge in [-0.15, -0.1) is 0 Å². The first-order valence-corrected chi connectivity index (χ1v) is 4.34. The van der Waals surface area contributed by atoms with Crippen LogP contribution in [0.5, 0.6) is 0 Å². The van der Waals surface area contributed by atoms with Crippen LogP contribution in [-0.4, -0.2) is 30.4 Å². The number of hydrogen-bond donors (Lipinski definition) is 3. The largest absolute Gasteiger partial charge is 0.373 e. The molecule has 1 heterocycles. The monoisotopic (exact) mass is 208 g/mol. The van der Waals surface area contributed by atoms with Crippen LogP contribution in [0.1, 0.15) is 10.4 Å². The molecule has 1 aromatic heterocycles. The number of hydrogen-bond acceptors (Lipinski definition) is 4. The molecule has 0 aliphatic heterocycles. The number of rotatable bonds is 4. The second-order valence-electron chi connectivity index (χ2n) is 2.83. The molecule has 0 spiro atoms. The third-order valence-electron chi connectivity index (χ3n) is 1.70. The fourth-order valence-corrected chi connectivity index (χ4v) is 0.946. The lowest BCUT2D eigenvalue weighted by Gasteiger charge is -2.03. The van der Waals surface area contributed by atoms with Gasteiger partial charge in [0.15, 0.2) is 0 Å². The number of amides is 2. The predicted octanol–water partition coefficient (Wildman–Crippen LogP) is -0.662. The molecule has 0 aliphatic rings. The first kappa shape index (κ1) is 11.0. The lowest BCUT2D eigenvalue weighted by atomic mass is 10.2. The molecule has 2 amide bonds. The van der Waals surface area contributed by atoms with Crippen molar-refractivity contribution in [2.75, 3.05) is 18.9 Å². The number of carbonyl (C=O) groups is 2. The van der Waals surface area contributed by atoms with Crippen LogP contribution in [0.3, 0.4) is 0 Å². The van der Waals surface area contributed by atoms with Crippen molar-refractivity contribution < 1.29 is 9.59 Å². The number of anilines is 1. The molecule has 0 radical (unpaired) electrons. The maximum Gasteiger partial charge on any atom is 0.253 e. The molecule has 0 aliphatic carbocycles. The molecule has 0 fully saturated rings. The summed E-state index contributed by atoms with van der Waals surface area (Å²) in [5.41, 5.74) is 5.27. The summed E-state index contributed by atoms with van der Waals surface area (Å²) in [7, 11) is 1.73. The van der Waals surface area contributed by atoms with E-state index in [0.29, 0.717) is 11.4 Å². The number of nitrogens with two attached hydrogens (primary N) is 1. The van der Waals surface area contributed by atoms with E-state index >= 15 is 0 Å². The zero-order valence-electron chi connectivity index (χ0n) is 8.28. The summed E-state index contributed by atoms with van der Waals surface area (Å²) in [4.78, 5) is 25.7. The van der Waals surface area contributed by atoms with Crippen molar-refractivity contribution in [3.05, 3.63) is 23.9 Å². The minimum Gasteiger partial charge on any atom is -0.373 e. The van der Waals surface area contributed by atoms with Gasteiger partial charge in [0.05, 0.1) is 12.1 Å². The molecular formula is C9H12N4O2. The number of nitrogens with one attached hydrogen (secondary N) is 2. The fourth-order valence-electron chi connectivity index (χ4n) is 0.946. The normalized spacial score (nSPS) is 9.40. The Kier molecular flexibility index (Phi) is 3.61. The minimum atomic E-state index is -0.580. The van der Waals surface area contributed by atoms with Gasteiger partial charge >= 0.3 is 0 Å². The average molecular weight is 208 g/mol. The zero-order chi connectivity index (χ0) is 11.3. The molecule has 0 unspecified atom stereocenters. The molecule has 0 saturated carbocycles. The smallest absolute Gasteiger partial charge is 0.253 e. The van der Waals surface area contributed by atoms with Gasteiger partial charge in [-0.1, -0.05) is 0 Å². The van der Waals surface area contributed by atoms with Gasteiger partial charge in [0, 0.05) is 13.2 Å². The third-order valence-corrected chi connectivity index (χ3v) is 1.70. The van der Waals surface area contributed by atoms with Crippen molar-refractivity contribution in [3.8, 4) is 0 Å². The Morgan fingerprint density at radius 3 is 2.67 bits per heavy atom. The Labute approximate surface area is 86.9 Å². The molecule has 0 aromatic carbocycles. The zero-order valence-corrected chi connectivity index (χ0v) is 8.28. The van der Waals surface area contributed by atoms with Crippen molar-refractivity contribution in [1.29, 1.82) is 0 Å². The summed E-state index contributed by atoms with van der Waals surface area (Å²) < 4.78 is 0. The lowest BCUT2D eigenvalue weighted by molar-refractivity contribution is -0.117. The van der Waals surface area contributed by atoms with Gasteiger partial charge in [-0.25, -0.2) is 4.98 Å². The van der Waals surface area contributed by atoms with Gasteiger partial charge in [0.1, 0.15) is 5.82 Å². The highest BCUT2D eigenvalue weighted by Crippen LogP contribution is 2.03. The summed E-state index contributed by atoms with van der Waals surface area (Å²) >= 11 is 0. The van der Waals surface area contributed by atoms with Gasteiger partial charge in [-0.3, -0.25) is 9.59 Å². The van der Waals surface area contributed by atoms with Gasteiger partial charge in [-0.2, -0.15) is 0 Å². The van der Waals surface area contributed by atoms with Gasteiger partial charge < -0.3 is 16.4 Å². The Morgan fingerprint density at radius 1 is 1.47 bits per heavy atom. The van der Waals surface area contributed by atoms with Crippen molar-refractivity contribution in [2.45, 2.75) is 0 Å². The molecule has 80 valence electrons. The molecule has 0 atom stereocenters. The number of aromatic nitrogens is 1. The summed E-state index contributed by atoms with van der Waals surface area (Å²) in [5, 5.41) is 5.19. The molecule has 1 rings (SSSR count). The first-order chi connectivity index (χ1) is 7.13. The second-order valence-corrected chi connectivity index (χ2v) is 2.83. The predicted molar refractivity (Wildman–Crippen MR) is 55.3 cm³/mol. The van der Waals surface area contributed by atoms with Crippen molar-refractivity contribution in [1.82, 2.24) is 10.3 Å². The maximum atomic E-state index is 11.4. The highest BCUT2D eigenvalue weighted by molar-refractivity contribution is 5.96. The molecule has 6 heteroatoms. The minimum absolute atomic E-state index is 0.174. The topological polar surface area (TPSA) is 97.1 Å². The Morgan fingerprint density at radius 2 is 2.20 bits per heavy atom. The van der Waals surface area contributed by atoms with E-state index in [4.69, 9.17) is 5.73 Å². The summed E-state index contributed by atoms with van der Waals surface area (Å²) in [5.74, 6) is -0.284. The van der Waals surface area contributed by atoms with E-state index in [1.54, 1.807) is 19.2 Å². The van der Waals surface area contributed by atoms with E-state index in [-0.39, 0.29) is 12.5 Å². The van der Waals surface area contributed by atoms with Crippen LogP contribution in [0.2, 0.25) is 0 Å². The van der Waals surface area contributed by atoms with E-state index in [1.165, 1.54) is 6.20 Å². The number of nitrogens with zero attached hydrogens (tertiary/aromatic N) is 1. The van der Waals surface area contributed by atoms with Crippen molar-refractivity contribution in [2.24, 2.45) is 5.73 Å². The van der Waals surface area contributed by atoms with Gasteiger partial charge in [-0.05, 0) is 12.1 Å². The first-order valence-electron chi connectivity index (χ1n) is 4.34. The standard InChI is InChI=1S/C9H12N4O2/c1-11-8-3-2-6(4-12-8)9(15)13-5-7(10)14/h2-4H,5H2,1H3,(H2,10,14)(H,11,12)(H,13,15). The van der Waals surface area contributed by atoms with Crippen LogP contribution >= 0.6 is 0 Å². The fraction of sp³-hybridized carbons (Fsp3) is 0.222. The number of primary amides is 1. The Hall–Kier alpha value is -2.11. The lowest BCUT2D eigenvalue weighted by Crippen LogP contribution is -2.33. The van der Waals surface area contributed by atoms with Crippen LogP contribution in [0.15, 0.2) is 18.3 Å². The SMILES string of the molecule is CNc1ccc(C(=O)NCC(N)=O)cn1. The molecule has 6 nitrogen and oxygen atoms in total. The van der Waals surface area contributed by atoms with Crippen molar-refractivity contribution in [3.63, 3.8) is 0 Å². The molecule has 0 bridgehead atoms. The maximum absolute atomic E-state index is 11.4. The van der Waals surface area contributed by atoms with E-state index < -0.39 is 5.91 Å². The Bertz CT molecular complexity index is 361. The summed E-state index contributed by atoms with van der Waals surface area (Å²) in [6.07, 6.45) is 1.42. The third kappa shape index (κ3) is 3.26. The van der Waals surface area contributed by atoms with Gasteiger partial charge in [0.25, 0.3) is 5.91 Å². The Balaban J connectivity index is 2.62. The molecule has 1 aromatic rings. The van der Waals surface area contributed by atoms with Crippen molar-refractivity contribution >= 4 is 17.6 Å². The van der Waals surface area contributed by atoms with Crippen LogP contribution in [-0.2, 0) is 4.79 Å². The van der Waals surface area contributed by atoms with E-state index in [2.05, 4.69) is 15.6 Å². The number of pyridine rings is 1. The average Bonchev–Trinajstić information content (AvgIpc) is 2.26. The van der Waals surface area contributed by atoms with Gasteiger partial charge in [0.2, 0.25) is 5.91 Å². The highest BCUT2D eigenvalue weighted by Gasteiger charge is 2.06. The second kappa shape index (κ2) is 4.94. The summed E-state index contributed by atoms with van der Waals surface area (Å²) in [6.45, 7) is -0.174. The van der Waals surface area contributed by atoms with Crippen LogP contribution < -0.4 is 16.4 Å². The van der Waals surface area contributed by atoms with E-state index in [1.807, 2.05) is 0 Å². The van der Waals surface area contributed by atoms with Crippen LogP contribution in [0, 0.1) is 0 Å². The molecular weight excluding hydrogens is 196 g/mol. The van der Waals surface area contributed by atoms with Crippen LogP contribution in [0.25, 0.3) is 0 Å². The highest BCUT2D eigenvalue weighted by atomic mass is 16.2. The van der Waals surface area contributed by atoms with E-state index in [0.717, 1.165) is 0 Å². The van der Waals surface area contributed by atoms with E-state index in [9.17, 15) is 9.59 Å². The molecule has 4 N–H and O–H groups in total. The quantitative estimate of drug-likeness (QED) is 0.611. The van der Waals surface area contributed by atoms with Crippen LogP contribution in [0.4, 0.5) is 5.82 Å². The molecule has 15 heavy (non-hydrogen) atoms.